The molecule has 2 unspecified atom stereocenters. The summed E-state index contributed by atoms with van der Waals surface area (Å²) in [6.07, 6.45) is 4.96. The van der Waals surface area contributed by atoms with E-state index >= 15 is 0 Å². The van der Waals surface area contributed by atoms with Gasteiger partial charge in [0.1, 0.15) is 0 Å². The van der Waals surface area contributed by atoms with Crippen molar-refractivity contribution in [2.24, 2.45) is 23.2 Å². The molecule has 2 atom stereocenters. The van der Waals surface area contributed by atoms with E-state index in [1.54, 1.807) is 0 Å². The molecule has 0 aromatic carbocycles. The van der Waals surface area contributed by atoms with Crippen molar-refractivity contribution in [3.8, 4) is 0 Å². The Morgan fingerprint density at radius 1 is 1.07 bits per heavy atom. The lowest BCUT2D eigenvalue weighted by Gasteiger charge is -2.32. The van der Waals surface area contributed by atoms with Crippen molar-refractivity contribution < 1.29 is 0 Å². The molecule has 0 rings (SSSR count). The van der Waals surface area contributed by atoms with E-state index in [4.69, 9.17) is 0 Å². The van der Waals surface area contributed by atoms with E-state index in [2.05, 4.69) is 54.9 Å². The molecule has 14 heavy (non-hydrogen) atoms. The van der Waals surface area contributed by atoms with Crippen molar-refractivity contribution in [3.05, 3.63) is 6.42 Å². The first-order valence-electron chi connectivity index (χ1n) is 6.14. The third kappa shape index (κ3) is 5.02. The molecule has 0 aromatic rings. The summed E-state index contributed by atoms with van der Waals surface area (Å²) in [6, 6.07) is 0. The van der Waals surface area contributed by atoms with Gasteiger partial charge in [0.15, 0.2) is 0 Å². The van der Waals surface area contributed by atoms with Crippen LogP contribution in [0.4, 0.5) is 0 Å². The van der Waals surface area contributed by atoms with Crippen LogP contribution in [-0.2, 0) is 0 Å². The second-order valence-corrected chi connectivity index (χ2v) is 5.89. The molecular weight excluding hydrogens is 168 g/mol. The highest BCUT2D eigenvalue weighted by atomic mass is 14.3. The van der Waals surface area contributed by atoms with Crippen molar-refractivity contribution in [3.63, 3.8) is 0 Å². The maximum Gasteiger partial charge on any atom is -0.0321 e. The zero-order chi connectivity index (χ0) is 11.4. The van der Waals surface area contributed by atoms with Crippen LogP contribution in [0.15, 0.2) is 0 Å². The van der Waals surface area contributed by atoms with Gasteiger partial charge >= 0.3 is 0 Å². The highest BCUT2D eigenvalue weighted by molar-refractivity contribution is 4.86. The molecule has 0 aromatic heterocycles. The number of rotatable bonds is 6. The van der Waals surface area contributed by atoms with Gasteiger partial charge in [-0.15, -0.1) is 0 Å². The fraction of sp³-hybridized carbons (Fsp3) is 0.929. The Kier molecular flexibility index (Phi) is 5.78. The van der Waals surface area contributed by atoms with E-state index < -0.39 is 0 Å². The molecule has 0 saturated carbocycles. The lowest BCUT2D eigenvalue weighted by Crippen LogP contribution is -2.22. The van der Waals surface area contributed by atoms with Gasteiger partial charge in [-0.3, -0.25) is 0 Å². The summed E-state index contributed by atoms with van der Waals surface area (Å²) in [6.45, 7) is 16.4. The van der Waals surface area contributed by atoms with E-state index in [1.165, 1.54) is 12.8 Å². The maximum absolute atomic E-state index is 2.45. The molecule has 0 spiro atoms. The molecule has 0 fully saturated rings. The first-order chi connectivity index (χ1) is 6.30. The minimum Gasteiger partial charge on any atom is -0.0651 e. The second kappa shape index (κ2) is 5.78. The molecule has 0 saturated heterocycles. The van der Waals surface area contributed by atoms with Gasteiger partial charge in [0.25, 0.3) is 0 Å². The predicted octanol–water partition coefficient (Wildman–Crippen LogP) is 4.95. The van der Waals surface area contributed by atoms with Gasteiger partial charge in [0, 0.05) is 0 Å². The molecule has 0 aliphatic heterocycles. The van der Waals surface area contributed by atoms with Crippen LogP contribution in [-0.4, -0.2) is 0 Å². The lowest BCUT2D eigenvalue weighted by atomic mass is 9.74. The standard InChI is InChI=1S/C14H29/c1-8-9-14(6,7)10-12(4)13(5)11(2)3/h9,11-13H,8,10H2,1-7H3. The van der Waals surface area contributed by atoms with Crippen molar-refractivity contribution in [2.75, 3.05) is 0 Å². The fourth-order valence-electron chi connectivity index (χ4n) is 2.31. The van der Waals surface area contributed by atoms with Crippen LogP contribution in [0.25, 0.3) is 0 Å². The Hall–Kier alpha value is 0. The zero-order valence-electron chi connectivity index (χ0n) is 11.2. The molecule has 0 aliphatic carbocycles. The van der Waals surface area contributed by atoms with E-state index in [1.807, 2.05) is 0 Å². The Morgan fingerprint density at radius 3 is 1.93 bits per heavy atom. The summed E-state index contributed by atoms with van der Waals surface area (Å²) in [7, 11) is 0. The third-order valence-corrected chi connectivity index (χ3v) is 3.55. The molecule has 0 bridgehead atoms. The van der Waals surface area contributed by atoms with Crippen LogP contribution in [0.3, 0.4) is 0 Å². The normalized spacial score (nSPS) is 17.1. The summed E-state index contributed by atoms with van der Waals surface area (Å²) in [4.78, 5) is 0. The van der Waals surface area contributed by atoms with Crippen LogP contribution < -0.4 is 0 Å². The SMILES string of the molecule is CC[CH]C(C)(C)CC(C)C(C)C(C)C. The molecule has 0 amide bonds. The molecule has 0 nitrogen and oxygen atoms in total. The summed E-state index contributed by atoms with van der Waals surface area (Å²) in [5, 5.41) is 0. The summed E-state index contributed by atoms with van der Waals surface area (Å²) < 4.78 is 0. The van der Waals surface area contributed by atoms with Crippen LogP contribution in [0, 0.1) is 29.6 Å². The molecule has 0 aliphatic rings. The fourth-order valence-corrected chi connectivity index (χ4v) is 2.31. The molecule has 0 N–H and O–H groups in total. The Labute approximate surface area is 91.5 Å². The summed E-state index contributed by atoms with van der Waals surface area (Å²) in [5.74, 6) is 2.47. The Balaban J connectivity index is 4.09. The van der Waals surface area contributed by atoms with E-state index in [0.717, 1.165) is 17.8 Å². The van der Waals surface area contributed by atoms with Crippen LogP contribution in [0.5, 0.6) is 0 Å². The minimum absolute atomic E-state index is 0.414. The maximum atomic E-state index is 2.45. The van der Waals surface area contributed by atoms with Crippen LogP contribution in [0.1, 0.15) is 61.3 Å². The molecule has 0 heterocycles. The van der Waals surface area contributed by atoms with Gasteiger partial charge in [0.2, 0.25) is 0 Å². The van der Waals surface area contributed by atoms with Crippen molar-refractivity contribution in [2.45, 2.75) is 61.3 Å². The topological polar surface area (TPSA) is 0 Å². The first-order valence-corrected chi connectivity index (χ1v) is 6.14. The van der Waals surface area contributed by atoms with E-state index in [-0.39, 0.29) is 0 Å². The molecule has 0 heteroatoms. The van der Waals surface area contributed by atoms with Gasteiger partial charge in [0.05, 0.1) is 0 Å². The number of hydrogen-bond acceptors (Lipinski definition) is 0. The summed E-state index contributed by atoms with van der Waals surface area (Å²) >= 11 is 0. The highest BCUT2D eigenvalue weighted by Gasteiger charge is 2.24. The smallest absolute Gasteiger partial charge is 0.0321 e. The van der Waals surface area contributed by atoms with Gasteiger partial charge in [-0.25, -0.2) is 0 Å². The quantitative estimate of drug-likeness (QED) is 0.565. The average Bonchev–Trinajstić information content (AvgIpc) is 2.01. The average molecular weight is 197 g/mol. The highest BCUT2D eigenvalue weighted by Crippen LogP contribution is 2.34. The zero-order valence-corrected chi connectivity index (χ0v) is 11.2. The number of hydrogen-bond donors (Lipinski definition) is 0. The van der Waals surface area contributed by atoms with Gasteiger partial charge in [-0.2, -0.15) is 0 Å². The molecular formula is C14H29. The predicted molar refractivity (Wildman–Crippen MR) is 66.2 cm³/mol. The van der Waals surface area contributed by atoms with E-state index in [0.29, 0.717) is 5.41 Å². The van der Waals surface area contributed by atoms with Crippen LogP contribution in [0.2, 0.25) is 0 Å². The van der Waals surface area contributed by atoms with Crippen molar-refractivity contribution >= 4 is 0 Å². The Bertz CT molecular complexity index is 144. The van der Waals surface area contributed by atoms with Gasteiger partial charge < -0.3 is 0 Å². The molecule has 85 valence electrons. The largest absolute Gasteiger partial charge is 0.0651 e. The third-order valence-electron chi connectivity index (χ3n) is 3.55. The molecule has 1 radical (unpaired) electrons. The first kappa shape index (κ1) is 14.0. The van der Waals surface area contributed by atoms with E-state index in [9.17, 15) is 0 Å². The Morgan fingerprint density at radius 2 is 1.57 bits per heavy atom. The minimum atomic E-state index is 0.414. The van der Waals surface area contributed by atoms with Crippen molar-refractivity contribution in [1.29, 1.82) is 0 Å². The second-order valence-electron chi connectivity index (χ2n) is 5.89. The lowest BCUT2D eigenvalue weighted by molar-refractivity contribution is 0.217. The van der Waals surface area contributed by atoms with Gasteiger partial charge in [-0.05, 0) is 36.0 Å². The summed E-state index contributed by atoms with van der Waals surface area (Å²) in [5.41, 5.74) is 0.414. The van der Waals surface area contributed by atoms with Crippen molar-refractivity contribution in [1.82, 2.24) is 0 Å². The van der Waals surface area contributed by atoms with Crippen LogP contribution >= 0.6 is 0 Å². The van der Waals surface area contributed by atoms with Gasteiger partial charge in [-0.1, -0.05) is 54.9 Å². The monoisotopic (exact) mass is 197 g/mol.